The molecule has 3 rings (SSSR count). The zero-order valence-corrected chi connectivity index (χ0v) is 12.9. The monoisotopic (exact) mass is 318 g/mol. The number of carbonyl (C=O) groups excluding carboxylic acids is 2. The van der Waals surface area contributed by atoms with Crippen LogP contribution in [0, 0.1) is 0 Å². The molecule has 3 heterocycles. The van der Waals surface area contributed by atoms with Gasteiger partial charge in [0.15, 0.2) is 0 Å². The van der Waals surface area contributed by atoms with Crippen LogP contribution in [-0.2, 0) is 11.3 Å². The normalized spacial score (nSPS) is 15.6. The molecule has 1 aliphatic heterocycles. The summed E-state index contributed by atoms with van der Waals surface area (Å²) in [4.78, 5) is 27.6. The Morgan fingerprint density at radius 2 is 1.96 bits per heavy atom. The van der Waals surface area contributed by atoms with Crippen LogP contribution in [0.2, 0.25) is 0 Å². The number of methoxy groups -OCH3 is 1. The Morgan fingerprint density at radius 1 is 1.17 bits per heavy atom. The molecule has 0 aromatic carbocycles. The number of amides is 1. The summed E-state index contributed by atoms with van der Waals surface area (Å²) in [6, 6.07) is 5.06. The van der Waals surface area contributed by atoms with Gasteiger partial charge in [-0.15, -0.1) is 0 Å². The highest BCUT2D eigenvalue weighted by Crippen LogP contribution is 2.14. The number of hydrogen-bond donors (Lipinski definition) is 0. The van der Waals surface area contributed by atoms with Crippen molar-refractivity contribution in [3.63, 3.8) is 0 Å². The molecule has 7 nitrogen and oxygen atoms in total. The molecule has 23 heavy (non-hydrogen) atoms. The largest absolute Gasteiger partial charge is 0.472 e. The first kappa shape index (κ1) is 15.4. The van der Waals surface area contributed by atoms with E-state index in [4.69, 9.17) is 8.83 Å². The van der Waals surface area contributed by atoms with Crippen molar-refractivity contribution in [2.75, 3.05) is 33.3 Å². The summed E-state index contributed by atoms with van der Waals surface area (Å²) in [7, 11) is 1.32. The molecule has 1 amide bonds. The fourth-order valence-corrected chi connectivity index (χ4v) is 2.57. The lowest BCUT2D eigenvalue weighted by atomic mass is 10.2. The maximum absolute atomic E-state index is 12.2. The number of hydrogen-bond acceptors (Lipinski definition) is 6. The van der Waals surface area contributed by atoms with Gasteiger partial charge in [0.1, 0.15) is 12.0 Å². The van der Waals surface area contributed by atoms with Gasteiger partial charge in [-0.1, -0.05) is 0 Å². The molecule has 2 aromatic rings. The van der Waals surface area contributed by atoms with Gasteiger partial charge in [0.05, 0.1) is 25.5 Å². The summed E-state index contributed by atoms with van der Waals surface area (Å²) in [6.45, 7) is 3.39. The maximum atomic E-state index is 12.2. The molecule has 1 saturated heterocycles. The first-order valence-corrected chi connectivity index (χ1v) is 7.38. The van der Waals surface area contributed by atoms with Crippen molar-refractivity contribution in [2.45, 2.75) is 6.54 Å². The van der Waals surface area contributed by atoms with Crippen LogP contribution >= 0.6 is 0 Å². The van der Waals surface area contributed by atoms with Gasteiger partial charge in [-0.3, -0.25) is 9.69 Å². The maximum Gasteiger partial charge on any atom is 0.373 e. The van der Waals surface area contributed by atoms with E-state index < -0.39 is 5.97 Å². The molecule has 0 radical (unpaired) electrons. The van der Waals surface area contributed by atoms with Gasteiger partial charge in [0.2, 0.25) is 5.76 Å². The van der Waals surface area contributed by atoms with Crippen LogP contribution in [0.4, 0.5) is 0 Å². The van der Waals surface area contributed by atoms with E-state index in [1.807, 2.05) is 4.90 Å². The lowest BCUT2D eigenvalue weighted by Gasteiger charge is -2.34. The van der Waals surface area contributed by atoms with Gasteiger partial charge in [0.25, 0.3) is 5.91 Å². The van der Waals surface area contributed by atoms with E-state index in [1.54, 1.807) is 18.2 Å². The number of furan rings is 2. The van der Waals surface area contributed by atoms with E-state index in [2.05, 4.69) is 9.64 Å². The second-order valence-corrected chi connectivity index (χ2v) is 5.34. The van der Waals surface area contributed by atoms with Crippen LogP contribution in [0.25, 0.3) is 0 Å². The van der Waals surface area contributed by atoms with Crippen LogP contribution in [0.1, 0.15) is 26.7 Å². The summed E-state index contributed by atoms with van der Waals surface area (Å²) in [5.41, 5.74) is 0.576. The Hall–Kier alpha value is -2.54. The second kappa shape index (κ2) is 6.70. The topological polar surface area (TPSA) is 76.1 Å². The van der Waals surface area contributed by atoms with Crippen LogP contribution in [0.5, 0.6) is 0 Å². The minimum absolute atomic E-state index is 0.00984. The van der Waals surface area contributed by atoms with Gasteiger partial charge in [-0.2, -0.15) is 0 Å². The molecule has 0 N–H and O–H groups in total. The third-order valence-electron chi connectivity index (χ3n) is 3.86. The van der Waals surface area contributed by atoms with Gasteiger partial charge < -0.3 is 18.5 Å². The number of rotatable bonds is 4. The van der Waals surface area contributed by atoms with Crippen molar-refractivity contribution < 1.29 is 23.2 Å². The minimum Gasteiger partial charge on any atom is -0.472 e. The molecule has 0 bridgehead atoms. The molecule has 1 fully saturated rings. The summed E-state index contributed by atoms with van der Waals surface area (Å²) < 4.78 is 15.0. The van der Waals surface area contributed by atoms with E-state index in [1.165, 1.54) is 19.6 Å². The number of nitrogens with zero attached hydrogens (tertiary/aromatic N) is 2. The minimum atomic E-state index is -0.480. The lowest BCUT2D eigenvalue weighted by Crippen LogP contribution is -2.48. The van der Waals surface area contributed by atoms with E-state index in [9.17, 15) is 9.59 Å². The van der Waals surface area contributed by atoms with Gasteiger partial charge >= 0.3 is 5.97 Å². The van der Waals surface area contributed by atoms with E-state index in [-0.39, 0.29) is 11.7 Å². The average Bonchev–Trinajstić information content (AvgIpc) is 3.26. The first-order valence-electron chi connectivity index (χ1n) is 7.38. The number of ether oxygens (including phenoxy) is 1. The summed E-state index contributed by atoms with van der Waals surface area (Å²) in [5, 5.41) is 0. The molecule has 0 unspecified atom stereocenters. The highest BCUT2D eigenvalue weighted by molar-refractivity contribution is 5.93. The highest BCUT2D eigenvalue weighted by Gasteiger charge is 2.23. The van der Waals surface area contributed by atoms with Crippen molar-refractivity contribution in [3.05, 3.63) is 47.8 Å². The molecular formula is C16H18N2O5. The highest BCUT2D eigenvalue weighted by atomic mass is 16.5. The van der Waals surface area contributed by atoms with Gasteiger partial charge in [0, 0.05) is 26.2 Å². The van der Waals surface area contributed by atoms with Gasteiger partial charge in [-0.25, -0.2) is 4.79 Å². The Balaban J connectivity index is 1.52. The van der Waals surface area contributed by atoms with Crippen molar-refractivity contribution in [1.29, 1.82) is 0 Å². The molecule has 0 aliphatic carbocycles. The van der Waals surface area contributed by atoms with Gasteiger partial charge in [-0.05, 0) is 18.2 Å². The lowest BCUT2D eigenvalue weighted by molar-refractivity contribution is 0.0549. The first-order chi connectivity index (χ1) is 11.2. The fraction of sp³-hybridized carbons (Fsp3) is 0.375. The predicted octanol–water partition coefficient (Wildman–Crippen LogP) is 1.62. The molecule has 0 atom stereocenters. The molecular weight excluding hydrogens is 300 g/mol. The van der Waals surface area contributed by atoms with E-state index >= 15 is 0 Å². The second-order valence-electron chi connectivity index (χ2n) is 5.34. The Kier molecular flexibility index (Phi) is 4.47. The van der Waals surface area contributed by atoms with Crippen molar-refractivity contribution >= 4 is 11.9 Å². The van der Waals surface area contributed by atoms with E-state index in [0.29, 0.717) is 31.0 Å². The number of esters is 1. The molecule has 7 heteroatoms. The number of piperazine rings is 1. The van der Waals surface area contributed by atoms with Crippen LogP contribution in [0.3, 0.4) is 0 Å². The number of carbonyl (C=O) groups is 2. The fourth-order valence-electron chi connectivity index (χ4n) is 2.57. The smallest absolute Gasteiger partial charge is 0.373 e. The Morgan fingerprint density at radius 3 is 2.61 bits per heavy atom. The zero-order chi connectivity index (χ0) is 16.2. The Labute approximate surface area is 133 Å². The van der Waals surface area contributed by atoms with Crippen LogP contribution in [0.15, 0.2) is 39.6 Å². The zero-order valence-electron chi connectivity index (χ0n) is 12.9. The SMILES string of the molecule is COC(=O)c1ccc(CN2CCN(C(=O)c3ccoc3)CC2)o1. The molecule has 0 spiro atoms. The quantitative estimate of drug-likeness (QED) is 0.797. The summed E-state index contributed by atoms with van der Waals surface area (Å²) in [6.07, 6.45) is 2.96. The standard InChI is InChI=1S/C16H18N2O5/c1-21-16(20)14-3-2-13(23-14)10-17-5-7-18(8-6-17)15(19)12-4-9-22-11-12/h2-4,9,11H,5-8,10H2,1H3. The van der Waals surface area contributed by atoms with Crippen molar-refractivity contribution in [3.8, 4) is 0 Å². The van der Waals surface area contributed by atoms with Crippen molar-refractivity contribution in [2.24, 2.45) is 0 Å². The Bertz CT molecular complexity index is 668. The molecule has 122 valence electrons. The third kappa shape index (κ3) is 3.45. The average molecular weight is 318 g/mol. The van der Waals surface area contributed by atoms with Crippen molar-refractivity contribution in [1.82, 2.24) is 9.80 Å². The molecule has 1 aliphatic rings. The third-order valence-corrected chi connectivity index (χ3v) is 3.86. The molecule has 0 saturated carbocycles. The predicted molar refractivity (Wildman–Crippen MR) is 79.9 cm³/mol. The summed E-state index contributed by atoms with van der Waals surface area (Å²) in [5.74, 6) is 0.424. The molecule has 2 aromatic heterocycles. The summed E-state index contributed by atoms with van der Waals surface area (Å²) >= 11 is 0. The van der Waals surface area contributed by atoms with Crippen LogP contribution in [-0.4, -0.2) is 55.0 Å². The van der Waals surface area contributed by atoms with Crippen LogP contribution < -0.4 is 0 Å². The van der Waals surface area contributed by atoms with E-state index in [0.717, 1.165) is 13.1 Å².